The average Bonchev–Trinajstić information content (AvgIpc) is 3.23. The molecule has 0 radical (unpaired) electrons. The van der Waals surface area contributed by atoms with Crippen molar-refractivity contribution >= 4 is 27.3 Å². The van der Waals surface area contributed by atoms with Gasteiger partial charge in [-0.2, -0.15) is 5.26 Å². The second-order valence-corrected chi connectivity index (χ2v) is 9.16. The van der Waals surface area contributed by atoms with Crippen LogP contribution in [0.2, 0.25) is 0 Å². The minimum Gasteiger partial charge on any atom is -0.339 e. The molecule has 1 fully saturated rings. The number of nitriles is 1. The molecule has 0 bridgehead atoms. The summed E-state index contributed by atoms with van der Waals surface area (Å²) in [5.74, 6) is -0.215. The molecule has 1 aromatic heterocycles. The molecule has 0 atom stereocenters. The Morgan fingerprint density at radius 2 is 1.85 bits per heavy atom. The number of sulfonamides is 1. The summed E-state index contributed by atoms with van der Waals surface area (Å²) in [4.78, 5) is 16.2. The van der Waals surface area contributed by atoms with Gasteiger partial charge in [-0.15, -0.1) is 11.3 Å². The lowest BCUT2D eigenvalue weighted by atomic mass is 10.1. The highest BCUT2D eigenvalue weighted by Crippen LogP contribution is 2.15. The zero-order valence-electron chi connectivity index (χ0n) is 14.7. The fraction of sp³-hybridized carbons (Fsp3) is 0.333. The number of amides is 1. The standard InChI is InChI=1S/C18H20N4O3S2/c19-12-15-3-5-16(6-4-15)14-21-7-9-22(10-8-21)17(23)13-20-27(24,25)18-2-1-11-26-18/h1-6,11,20H,7-10,13-14H2. The summed E-state index contributed by atoms with van der Waals surface area (Å²) in [6.07, 6.45) is 0. The third-order valence-corrected chi connectivity index (χ3v) is 7.19. The maximum absolute atomic E-state index is 12.3. The molecule has 1 aliphatic rings. The highest BCUT2D eigenvalue weighted by molar-refractivity contribution is 7.91. The van der Waals surface area contributed by atoms with E-state index in [9.17, 15) is 13.2 Å². The van der Waals surface area contributed by atoms with Gasteiger partial charge in [-0.05, 0) is 29.1 Å². The van der Waals surface area contributed by atoms with Crippen LogP contribution in [0.4, 0.5) is 0 Å². The van der Waals surface area contributed by atoms with Crippen molar-refractivity contribution in [3.63, 3.8) is 0 Å². The third kappa shape index (κ3) is 5.14. The van der Waals surface area contributed by atoms with Crippen molar-refractivity contribution in [2.75, 3.05) is 32.7 Å². The Labute approximate surface area is 162 Å². The number of nitrogens with zero attached hydrogens (tertiary/aromatic N) is 3. The van der Waals surface area contributed by atoms with Gasteiger partial charge in [0, 0.05) is 32.7 Å². The number of nitrogens with one attached hydrogen (secondary N) is 1. The fourth-order valence-corrected chi connectivity index (χ4v) is 4.87. The Morgan fingerprint density at radius 3 is 2.44 bits per heavy atom. The fourth-order valence-electron chi connectivity index (χ4n) is 2.85. The summed E-state index contributed by atoms with van der Waals surface area (Å²) in [6, 6.07) is 12.8. The van der Waals surface area contributed by atoms with Crippen molar-refractivity contribution in [3.05, 3.63) is 52.9 Å². The largest absolute Gasteiger partial charge is 0.339 e. The summed E-state index contributed by atoms with van der Waals surface area (Å²) in [5, 5.41) is 10.5. The first kappa shape index (κ1) is 19.5. The van der Waals surface area contributed by atoms with Gasteiger partial charge in [-0.1, -0.05) is 18.2 Å². The predicted molar refractivity (Wildman–Crippen MR) is 103 cm³/mol. The number of rotatable bonds is 6. The first-order valence-corrected chi connectivity index (χ1v) is 10.9. The minimum absolute atomic E-state index is 0.211. The second kappa shape index (κ2) is 8.63. The smallest absolute Gasteiger partial charge is 0.250 e. The van der Waals surface area contributed by atoms with Crippen LogP contribution in [0.3, 0.4) is 0 Å². The lowest BCUT2D eigenvalue weighted by molar-refractivity contribution is -0.131. The van der Waals surface area contributed by atoms with Gasteiger partial charge in [-0.25, -0.2) is 13.1 Å². The first-order valence-electron chi connectivity index (χ1n) is 8.50. The number of hydrogen-bond donors (Lipinski definition) is 1. The molecule has 0 aliphatic carbocycles. The summed E-state index contributed by atoms with van der Waals surface area (Å²) in [5.41, 5.74) is 1.76. The summed E-state index contributed by atoms with van der Waals surface area (Å²) >= 11 is 1.12. The van der Waals surface area contributed by atoms with Crippen LogP contribution >= 0.6 is 11.3 Å². The van der Waals surface area contributed by atoms with Gasteiger partial charge in [0.2, 0.25) is 5.91 Å². The molecule has 1 aliphatic heterocycles. The van der Waals surface area contributed by atoms with Crippen LogP contribution in [0.15, 0.2) is 46.0 Å². The molecule has 1 aromatic carbocycles. The predicted octanol–water partition coefficient (Wildman–Crippen LogP) is 1.24. The molecule has 3 rings (SSSR count). The maximum atomic E-state index is 12.3. The lowest BCUT2D eigenvalue weighted by Gasteiger charge is -2.34. The molecule has 2 heterocycles. The molecule has 1 saturated heterocycles. The molecule has 27 heavy (non-hydrogen) atoms. The Balaban J connectivity index is 1.45. The molecule has 0 saturated carbocycles. The molecule has 142 valence electrons. The highest BCUT2D eigenvalue weighted by Gasteiger charge is 2.23. The van der Waals surface area contributed by atoms with Gasteiger partial charge in [0.25, 0.3) is 10.0 Å². The van der Waals surface area contributed by atoms with Gasteiger partial charge in [0.1, 0.15) is 4.21 Å². The number of thiophene rings is 1. The van der Waals surface area contributed by atoms with E-state index in [0.29, 0.717) is 18.7 Å². The van der Waals surface area contributed by atoms with E-state index in [0.717, 1.165) is 36.5 Å². The van der Waals surface area contributed by atoms with E-state index in [1.54, 1.807) is 28.5 Å². The second-order valence-electron chi connectivity index (χ2n) is 6.22. The van der Waals surface area contributed by atoms with E-state index in [2.05, 4.69) is 15.7 Å². The van der Waals surface area contributed by atoms with Crippen LogP contribution in [0.5, 0.6) is 0 Å². The van der Waals surface area contributed by atoms with E-state index in [4.69, 9.17) is 5.26 Å². The van der Waals surface area contributed by atoms with Crippen molar-refractivity contribution in [1.29, 1.82) is 5.26 Å². The SMILES string of the molecule is N#Cc1ccc(CN2CCN(C(=O)CNS(=O)(=O)c3cccs3)CC2)cc1. The molecular formula is C18H20N4O3S2. The van der Waals surface area contributed by atoms with Crippen LogP contribution in [-0.2, 0) is 21.4 Å². The molecular weight excluding hydrogens is 384 g/mol. The van der Waals surface area contributed by atoms with Crippen LogP contribution in [0.25, 0.3) is 0 Å². The monoisotopic (exact) mass is 404 g/mol. The van der Waals surface area contributed by atoms with Gasteiger partial charge in [-0.3, -0.25) is 9.69 Å². The van der Waals surface area contributed by atoms with Gasteiger partial charge in [0.15, 0.2) is 0 Å². The summed E-state index contributed by atoms with van der Waals surface area (Å²) in [7, 11) is -3.62. The van der Waals surface area contributed by atoms with Gasteiger partial charge >= 0.3 is 0 Å². The zero-order chi connectivity index (χ0) is 19.3. The van der Waals surface area contributed by atoms with Crippen LogP contribution < -0.4 is 4.72 Å². The Morgan fingerprint density at radius 1 is 1.15 bits per heavy atom. The summed E-state index contributed by atoms with van der Waals surface area (Å²) < 4.78 is 26.7. The van der Waals surface area contributed by atoms with Crippen LogP contribution in [0.1, 0.15) is 11.1 Å². The van der Waals surface area contributed by atoms with Crippen molar-refractivity contribution < 1.29 is 13.2 Å². The van der Waals surface area contributed by atoms with Gasteiger partial charge in [0.05, 0.1) is 18.2 Å². The zero-order valence-corrected chi connectivity index (χ0v) is 16.3. The Hall–Kier alpha value is -2.25. The molecule has 1 amide bonds. The van der Waals surface area contributed by atoms with Crippen LogP contribution in [-0.4, -0.2) is 56.8 Å². The van der Waals surface area contributed by atoms with Crippen molar-refractivity contribution in [1.82, 2.24) is 14.5 Å². The van der Waals surface area contributed by atoms with E-state index in [-0.39, 0.29) is 16.7 Å². The molecule has 7 nitrogen and oxygen atoms in total. The first-order chi connectivity index (χ1) is 13.0. The highest BCUT2D eigenvalue weighted by atomic mass is 32.2. The number of hydrogen-bond acceptors (Lipinski definition) is 6. The Bertz CT molecular complexity index is 911. The normalized spacial score (nSPS) is 15.4. The van der Waals surface area contributed by atoms with Crippen molar-refractivity contribution in [3.8, 4) is 6.07 Å². The maximum Gasteiger partial charge on any atom is 0.250 e. The molecule has 2 aromatic rings. The number of benzene rings is 1. The van der Waals surface area contributed by atoms with E-state index in [1.807, 2.05) is 12.1 Å². The average molecular weight is 405 g/mol. The Kier molecular flexibility index (Phi) is 6.23. The topological polar surface area (TPSA) is 93.5 Å². The molecule has 9 heteroatoms. The molecule has 0 spiro atoms. The quantitative estimate of drug-likeness (QED) is 0.782. The number of piperazine rings is 1. The lowest BCUT2D eigenvalue weighted by Crippen LogP contribution is -2.50. The van der Waals surface area contributed by atoms with E-state index >= 15 is 0 Å². The molecule has 0 unspecified atom stereocenters. The number of carbonyl (C=O) groups excluding carboxylic acids is 1. The third-order valence-electron chi connectivity index (χ3n) is 4.39. The van der Waals surface area contributed by atoms with Crippen molar-refractivity contribution in [2.24, 2.45) is 0 Å². The van der Waals surface area contributed by atoms with E-state index < -0.39 is 10.0 Å². The van der Waals surface area contributed by atoms with Crippen LogP contribution in [0, 0.1) is 11.3 Å². The minimum atomic E-state index is -3.62. The van der Waals surface area contributed by atoms with E-state index in [1.165, 1.54) is 6.07 Å². The van der Waals surface area contributed by atoms with Gasteiger partial charge < -0.3 is 4.90 Å². The number of carbonyl (C=O) groups is 1. The van der Waals surface area contributed by atoms with Crippen molar-refractivity contribution in [2.45, 2.75) is 10.8 Å². The summed E-state index contributed by atoms with van der Waals surface area (Å²) in [6.45, 7) is 3.12. The molecule has 1 N–H and O–H groups in total.